The van der Waals surface area contributed by atoms with Crippen LogP contribution in [-0.4, -0.2) is 33.4 Å². The highest BCUT2D eigenvalue weighted by molar-refractivity contribution is 7.92. The molecule has 30 heavy (non-hydrogen) atoms. The second-order valence-electron chi connectivity index (χ2n) is 6.59. The Morgan fingerprint density at radius 3 is 2.20 bits per heavy atom. The van der Waals surface area contributed by atoms with Crippen molar-refractivity contribution in [3.05, 3.63) is 94.5 Å². The van der Waals surface area contributed by atoms with Crippen LogP contribution >= 0.6 is 11.6 Å². The molecule has 0 aliphatic carbocycles. The molecule has 0 saturated carbocycles. The highest BCUT2D eigenvalue weighted by Crippen LogP contribution is 2.26. The van der Waals surface area contributed by atoms with Gasteiger partial charge in [0.05, 0.1) is 28.2 Å². The number of rotatable bonds is 6. The van der Waals surface area contributed by atoms with Gasteiger partial charge in [0, 0.05) is 18.2 Å². The van der Waals surface area contributed by atoms with Gasteiger partial charge in [0.25, 0.3) is 5.91 Å². The Bertz CT molecular complexity index is 1210. The average Bonchev–Trinajstić information content (AvgIpc) is 2.73. The lowest BCUT2D eigenvalue weighted by molar-refractivity contribution is 0.102. The lowest BCUT2D eigenvalue weighted by Gasteiger charge is -2.18. The fourth-order valence-electron chi connectivity index (χ4n) is 2.80. The molecule has 0 radical (unpaired) electrons. The molecule has 0 spiro atoms. The Labute approximate surface area is 180 Å². The molecule has 0 heterocycles. The number of nitrogens with zero attached hydrogens (tertiary/aromatic N) is 1. The zero-order chi connectivity index (χ0) is 21.9. The Balaban J connectivity index is 1.93. The van der Waals surface area contributed by atoms with Crippen molar-refractivity contribution >= 4 is 44.7 Å². The Morgan fingerprint density at radius 1 is 0.900 bits per heavy atom. The Kier molecular flexibility index (Phi) is 6.24. The first-order valence-electron chi connectivity index (χ1n) is 8.92. The first kappa shape index (κ1) is 21.5. The van der Waals surface area contributed by atoms with Gasteiger partial charge in [-0.25, -0.2) is 8.42 Å². The number of carbonyl (C=O) groups excluding carboxylic acids is 2. The van der Waals surface area contributed by atoms with E-state index in [1.54, 1.807) is 48.5 Å². The summed E-state index contributed by atoms with van der Waals surface area (Å²) in [5.41, 5.74) is 1.54. The summed E-state index contributed by atoms with van der Waals surface area (Å²) in [5, 5.41) is 2.87. The molecule has 0 bridgehead atoms. The summed E-state index contributed by atoms with van der Waals surface area (Å²) in [5.74, 6) is -0.791. The number of anilines is 2. The smallest absolute Gasteiger partial charge is 0.257 e. The number of amides is 1. The predicted octanol–water partition coefficient (Wildman–Crippen LogP) is 4.22. The SMILES string of the molecule is CN(c1ccc(Cl)c(C(=O)Nc2ccccc2C(=O)c2ccccc2)c1)S(C)(=O)=O. The van der Waals surface area contributed by atoms with Crippen molar-refractivity contribution in [1.82, 2.24) is 0 Å². The number of sulfonamides is 1. The van der Waals surface area contributed by atoms with Crippen LogP contribution in [0.2, 0.25) is 5.02 Å². The first-order chi connectivity index (χ1) is 14.2. The summed E-state index contributed by atoms with van der Waals surface area (Å²) in [6.07, 6.45) is 1.06. The van der Waals surface area contributed by atoms with Gasteiger partial charge in [-0.15, -0.1) is 0 Å². The number of para-hydroxylation sites is 1. The molecule has 0 aliphatic rings. The van der Waals surface area contributed by atoms with Gasteiger partial charge >= 0.3 is 0 Å². The van der Waals surface area contributed by atoms with E-state index in [-0.39, 0.29) is 16.4 Å². The lowest BCUT2D eigenvalue weighted by Crippen LogP contribution is -2.25. The number of benzene rings is 3. The van der Waals surface area contributed by atoms with E-state index in [0.717, 1.165) is 10.6 Å². The summed E-state index contributed by atoms with van der Waals surface area (Å²) in [6, 6.07) is 19.7. The van der Waals surface area contributed by atoms with Crippen LogP contribution in [0.4, 0.5) is 11.4 Å². The van der Waals surface area contributed by atoms with Gasteiger partial charge in [0.1, 0.15) is 0 Å². The normalized spacial score (nSPS) is 11.0. The van der Waals surface area contributed by atoms with Crippen molar-refractivity contribution in [3.8, 4) is 0 Å². The maximum Gasteiger partial charge on any atom is 0.257 e. The third kappa shape index (κ3) is 4.69. The molecule has 8 heteroatoms. The van der Waals surface area contributed by atoms with Crippen molar-refractivity contribution in [2.75, 3.05) is 22.9 Å². The van der Waals surface area contributed by atoms with E-state index < -0.39 is 15.9 Å². The minimum atomic E-state index is -3.50. The molecule has 0 atom stereocenters. The molecule has 0 saturated heterocycles. The van der Waals surface area contributed by atoms with Gasteiger partial charge in [0.15, 0.2) is 5.78 Å². The Morgan fingerprint density at radius 2 is 1.53 bits per heavy atom. The molecule has 1 N–H and O–H groups in total. The first-order valence-corrected chi connectivity index (χ1v) is 11.1. The predicted molar refractivity (Wildman–Crippen MR) is 119 cm³/mol. The third-order valence-electron chi connectivity index (χ3n) is 4.51. The molecule has 154 valence electrons. The van der Waals surface area contributed by atoms with E-state index in [2.05, 4.69) is 5.32 Å². The summed E-state index contributed by atoms with van der Waals surface area (Å²) in [7, 11) is -2.12. The average molecular weight is 443 g/mol. The highest BCUT2D eigenvalue weighted by Gasteiger charge is 2.19. The lowest BCUT2D eigenvalue weighted by atomic mass is 10.0. The molecule has 0 aromatic heterocycles. The van der Waals surface area contributed by atoms with E-state index in [4.69, 9.17) is 11.6 Å². The second kappa shape index (κ2) is 8.69. The van der Waals surface area contributed by atoms with Crippen LogP contribution in [0.5, 0.6) is 0 Å². The van der Waals surface area contributed by atoms with E-state index in [0.29, 0.717) is 22.5 Å². The second-order valence-corrected chi connectivity index (χ2v) is 9.01. The highest BCUT2D eigenvalue weighted by atomic mass is 35.5. The molecule has 1 amide bonds. The molecule has 6 nitrogen and oxygen atoms in total. The van der Waals surface area contributed by atoms with E-state index in [9.17, 15) is 18.0 Å². The van der Waals surface area contributed by atoms with Crippen LogP contribution in [-0.2, 0) is 10.0 Å². The molecule has 0 fully saturated rings. The van der Waals surface area contributed by atoms with Crippen molar-refractivity contribution < 1.29 is 18.0 Å². The number of ketones is 1. The van der Waals surface area contributed by atoms with Crippen LogP contribution < -0.4 is 9.62 Å². The van der Waals surface area contributed by atoms with Crippen LogP contribution in [0.25, 0.3) is 0 Å². The summed E-state index contributed by atoms with van der Waals surface area (Å²) < 4.78 is 24.6. The summed E-state index contributed by atoms with van der Waals surface area (Å²) in [6.45, 7) is 0. The van der Waals surface area contributed by atoms with Crippen molar-refractivity contribution in [2.45, 2.75) is 0 Å². The van der Waals surface area contributed by atoms with E-state index >= 15 is 0 Å². The van der Waals surface area contributed by atoms with Crippen LogP contribution in [0.15, 0.2) is 72.8 Å². The van der Waals surface area contributed by atoms with Gasteiger partial charge in [0.2, 0.25) is 10.0 Å². The zero-order valence-corrected chi connectivity index (χ0v) is 17.9. The van der Waals surface area contributed by atoms with Gasteiger partial charge < -0.3 is 5.32 Å². The quantitative estimate of drug-likeness (QED) is 0.579. The fraction of sp³-hybridized carbons (Fsp3) is 0.0909. The minimum Gasteiger partial charge on any atom is -0.321 e. The maximum absolute atomic E-state index is 12.9. The fourth-order valence-corrected chi connectivity index (χ4v) is 3.50. The van der Waals surface area contributed by atoms with E-state index in [1.807, 2.05) is 6.07 Å². The van der Waals surface area contributed by atoms with Crippen molar-refractivity contribution in [1.29, 1.82) is 0 Å². The number of halogens is 1. The molecule has 3 aromatic rings. The standard InChI is InChI=1S/C22H19ClN2O4S/c1-25(30(2,28)29)16-12-13-19(23)18(14-16)22(27)24-20-11-7-6-10-17(20)21(26)15-8-4-3-5-9-15/h3-14H,1-2H3,(H,24,27). The number of hydrogen-bond acceptors (Lipinski definition) is 4. The molecular formula is C22H19ClN2O4S. The molecule has 3 aromatic carbocycles. The maximum atomic E-state index is 12.9. The monoisotopic (exact) mass is 442 g/mol. The van der Waals surface area contributed by atoms with Crippen LogP contribution in [0.3, 0.4) is 0 Å². The van der Waals surface area contributed by atoms with Gasteiger partial charge in [-0.3, -0.25) is 13.9 Å². The number of nitrogens with one attached hydrogen (secondary N) is 1. The van der Waals surface area contributed by atoms with Gasteiger partial charge in [-0.1, -0.05) is 54.1 Å². The van der Waals surface area contributed by atoms with Gasteiger partial charge in [-0.05, 0) is 30.3 Å². The molecule has 0 unspecified atom stereocenters. The summed E-state index contributed by atoms with van der Waals surface area (Å²) >= 11 is 6.18. The third-order valence-corrected chi connectivity index (χ3v) is 6.05. The van der Waals surface area contributed by atoms with E-state index in [1.165, 1.54) is 25.2 Å². The van der Waals surface area contributed by atoms with Crippen LogP contribution in [0.1, 0.15) is 26.3 Å². The molecular weight excluding hydrogens is 424 g/mol. The largest absolute Gasteiger partial charge is 0.321 e. The number of hydrogen-bond donors (Lipinski definition) is 1. The Hall–Kier alpha value is -3.16. The van der Waals surface area contributed by atoms with Crippen molar-refractivity contribution in [3.63, 3.8) is 0 Å². The minimum absolute atomic E-state index is 0.0895. The molecule has 0 aliphatic heterocycles. The van der Waals surface area contributed by atoms with Gasteiger partial charge in [-0.2, -0.15) is 0 Å². The topological polar surface area (TPSA) is 83.6 Å². The van der Waals surface area contributed by atoms with Crippen molar-refractivity contribution in [2.24, 2.45) is 0 Å². The molecule has 3 rings (SSSR count). The summed E-state index contributed by atoms with van der Waals surface area (Å²) in [4.78, 5) is 25.8. The zero-order valence-electron chi connectivity index (χ0n) is 16.3. The van der Waals surface area contributed by atoms with Crippen LogP contribution in [0, 0.1) is 0 Å². The number of carbonyl (C=O) groups is 2.